The van der Waals surface area contributed by atoms with E-state index in [1.54, 1.807) is 19.2 Å². The number of hydrogen-bond acceptors (Lipinski definition) is 3. The number of rotatable bonds is 5. The van der Waals surface area contributed by atoms with Crippen LogP contribution >= 0.6 is 11.6 Å². The predicted molar refractivity (Wildman–Crippen MR) is 94.6 cm³/mol. The third kappa shape index (κ3) is 3.71. The molecule has 3 rings (SSSR count). The monoisotopic (exact) mass is 343 g/mol. The molecule has 5 heteroatoms. The van der Waals surface area contributed by atoms with Crippen LogP contribution < -0.4 is 14.8 Å². The number of hydrogen-bond donors (Lipinski definition) is 1. The normalized spacial score (nSPS) is 12.7. The number of halogens is 1. The quantitative estimate of drug-likeness (QED) is 0.904. The maximum Gasteiger partial charge on any atom is 0.250 e. The molecular formula is C19H18ClNO3. The van der Waals surface area contributed by atoms with Crippen LogP contribution in [-0.2, 0) is 11.2 Å². The number of ether oxygens (including phenoxy) is 2. The number of para-hydroxylation sites is 1. The van der Waals surface area contributed by atoms with E-state index in [1.165, 1.54) is 0 Å². The zero-order valence-corrected chi connectivity index (χ0v) is 14.1. The Morgan fingerprint density at radius 3 is 2.96 bits per heavy atom. The van der Waals surface area contributed by atoms with Gasteiger partial charge in [0.2, 0.25) is 0 Å². The topological polar surface area (TPSA) is 47.6 Å². The van der Waals surface area contributed by atoms with Crippen LogP contribution in [0.1, 0.15) is 11.1 Å². The van der Waals surface area contributed by atoms with E-state index in [2.05, 4.69) is 5.32 Å². The van der Waals surface area contributed by atoms with Crippen LogP contribution in [0, 0.1) is 0 Å². The average Bonchev–Trinajstić information content (AvgIpc) is 2.61. The third-order valence-corrected chi connectivity index (χ3v) is 4.08. The van der Waals surface area contributed by atoms with E-state index >= 15 is 0 Å². The van der Waals surface area contributed by atoms with Crippen molar-refractivity contribution in [3.8, 4) is 11.5 Å². The van der Waals surface area contributed by atoms with E-state index in [1.807, 2.05) is 36.4 Å². The van der Waals surface area contributed by atoms with Crippen LogP contribution in [0.4, 0.5) is 0 Å². The molecule has 1 aliphatic rings. The van der Waals surface area contributed by atoms with Gasteiger partial charge in [-0.3, -0.25) is 4.79 Å². The molecule has 2 aromatic rings. The van der Waals surface area contributed by atoms with Gasteiger partial charge in [0.15, 0.2) is 0 Å². The molecule has 2 aromatic carbocycles. The van der Waals surface area contributed by atoms with Crippen molar-refractivity contribution in [2.75, 3.05) is 20.3 Å². The molecule has 0 bridgehead atoms. The Morgan fingerprint density at radius 2 is 2.12 bits per heavy atom. The lowest BCUT2D eigenvalue weighted by molar-refractivity contribution is -0.117. The van der Waals surface area contributed by atoms with Crippen LogP contribution in [0.5, 0.6) is 11.5 Å². The second kappa shape index (κ2) is 7.41. The smallest absolute Gasteiger partial charge is 0.250 e. The summed E-state index contributed by atoms with van der Waals surface area (Å²) in [5.41, 5.74) is 2.47. The zero-order valence-electron chi connectivity index (χ0n) is 13.3. The van der Waals surface area contributed by atoms with E-state index in [-0.39, 0.29) is 12.5 Å². The van der Waals surface area contributed by atoms with Gasteiger partial charge in [0.1, 0.15) is 18.1 Å². The highest BCUT2D eigenvalue weighted by molar-refractivity contribution is 6.30. The van der Waals surface area contributed by atoms with Crippen molar-refractivity contribution in [1.29, 1.82) is 0 Å². The largest absolute Gasteiger partial charge is 0.496 e. The Bertz CT molecular complexity index is 786. The average molecular weight is 344 g/mol. The van der Waals surface area contributed by atoms with Crippen molar-refractivity contribution in [3.63, 3.8) is 0 Å². The molecule has 0 aliphatic carbocycles. The molecule has 4 nitrogen and oxygen atoms in total. The van der Waals surface area contributed by atoms with Crippen LogP contribution in [0.25, 0.3) is 6.08 Å². The van der Waals surface area contributed by atoms with Gasteiger partial charge in [-0.15, -0.1) is 0 Å². The zero-order chi connectivity index (χ0) is 16.9. The number of fused-ring (bicyclic) bond motifs is 1. The molecule has 0 saturated carbocycles. The van der Waals surface area contributed by atoms with E-state index < -0.39 is 0 Å². The minimum Gasteiger partial charge on any atom is -0.496 e. The van der Waals surface area contributed by atoms with Gasteiger partial charge in [-0.1, -0.05) is 29.8 Å². The Morgan fingerprint density at radius 1 is 1.29 bits per heavy atom. The Kier molecular flexibility index (Phi) is 5.06. The fraction of sp³-hybridized carbons (Fsp3) is 0.211. The van der Waals surface area contributed by atoms with Gasteiger partial charge in [0.25, 0.3) is 5.91 Å². The van der Waals surface area contributed by atoms with Crippen molar-refractivity contribution >= 4 is 23.6 Å². The first-order valence-electron chi connectivity index (χ1n) is 7.70. The van der Waals surface area contributed by atoms with Gasteiger partial charge >= 0.3 is 0 Å². The maximum atomic E-state index is 12.3. The van der Waals surface area contributed by atoms with E-state index in [4.69, 9.17) is 21.1 Å². The minimum absolute atomic E-state index is 0.129. The van der Waals surface area contributed by atoms with Crippen LogP contribution in [0.3, 0.4) is 0 Å². The number of benzene rings is 2. The molecule has 0 unspecified atom stereocenters. The Labute approximate surface area is 146 Å². The first-order valence-corrected chi connectivity index (χ1v) is 8.08. The summed E-state index contributed by atoms with van der Waals surface area (Å²) in [5.74, 6) is 1.44. The lowest BCUT2D eigenvalue weighted by Crippen LogP contribution is -2.30. The summed E-state index contributed by atoms with van der Waals surface area (Å²) in [6.45, 7) is 0.786. The molecule has 1 N–H and O–H groups in total. The van der Waals surface area contributed by atoms with Crippen molar-refractivity contribution < 1.29 is 14.3 Å². The van der Waals surface area contributed by atoms with Gasteiger partial charge in [-0.25, -0.2) is 0 Å². The van der Waals surface area contributed by atoms with E-state index in [0.29, 0.717) is 23.6 Å². The lowest BCUT2D eigenvalue weighted by atomic mass is 10.1. The Hall–Kier alpha value is -2.46. The standard InChI is InChI=1S/C19H18ClNO3/c1-23-17-5-3-2-4-13(17)8-9-21-19(22)15-10-14-11-16(20)6-7-18(14)24-12-15/h2-7,10-11H,8-9,12H2,1H3,(H,21,22). The van der Waals surface area contributed by atoms with Gasteiger partial charge in [0, 0.05) is 17.1 Å². The highest BCUT2D eigenvalue weighted by Gasteiger charge is 2.17. The summed E-state index contributed by atoms with van der Waals surface area (Å²) in [4.78, 5) is 12.3. The first kappa shape index (κ1) is 16.4. The van der Waals surface area contributed by atoms with Crippen molar-refractivity contribution in [2.24, 2.45) is 0 Å². The second-order valence-electron chi connectivity index (χ2n) is 5.46. The van der Waals surface area contributed by atoms with Gasteiger partial charge < -0.3 is 14.8 Å². The lowest BCUT2D eigenvalue weighted by Gasteiger charge is -2.18. The van der Waals surface area contributed by atoms with E-state index in [0.717, 1.165) is 22.6 Å². The molecular weight excluding hydrogens is 326 g/mol. The molecule has 1 heterocycles. The minimum atomic E-state index is -0.129. The number of carbonyl (C=O) groups is 1. The SMILES string of the molecule is COc1ccccc1CCNC(=O)C1=Cc2cc(Cl)ccc2OC1. The van der Waals surface area contributed by atoms with E-state index in [9.17, 15) is 4.79 Å². The first-order chi connectivity index (χ1) is 11.7. The fourth-order valence-corrected chi connectivity index (χ4v) is 2.79. The third-order valence-electron chi connectivity index (χ3n) is 3.85. The molecule has 24 heavy (non-hydrogen) atoms. The number of carbonyl (C=O) groups excluding carboxylic acids is 1. The maximum absolute atomic E-state index is 12.3. The number of methoxy groups -OCH3 is 1. The molecule has 0 fully saturated rings. The summed E-state index contributed by atoms with van der Waals surface area (Å²) in [7, 11) is 1.64. The summed E-state index contributed by atoms with van der Waals surface area (Å²) < 4.78 is 10.9. The molecule has 1 aliphatic heterocycles. The molecule has 0 radical (unpaired) electrons. The molecule has 0 atom stereocenters. The second-order valence-corrected chi connectivity index (χ2v) is 5.89. The number of nitrogens with one attached hydrogen (secondary N) is 1. The highest BCUT2D eigenvalue weighted by atomic mass is 35.5. The molecule has 0 aromatic heterocycles. The summed E-state index contributed by atoms with van der Waals surface area (Å²) in [5, 5.41) is 3.54. The molecule has 1 amide bonds. The van der Waals surface area contributed by atoms with Crippen LogP contribution in [0.15, 0.2) is 48.0 Å². The molecule has 124 valence electrons. The molecule has 0 spiro atoms. The summed E-state index contributed by atoms with van der Waals surface area (Å²) in [6, 6.07) is 13.2. The van der Waals surface area contributed by atoms with Crippen LogP contribution in [0.2, 0.25) is 5.02 Å². The van der Waals surface area contributed by atoms with Crippen molar-refractivity contribution in [1.82, 2.24) is 5.32 Å². The predicted octanol–water partition coefficient (Wildman–Crippen LogP) is 3.48. The molecule has 0 saturated heterocycles. The van der Waals surface area contributed by atoms with Crippen molar-refractivity contribution in [3.05, 3.63) is 64.2 Å². The van der Waals surface area contributed by atoms with Crippen molar-refractivity contribution in [2.45, 2.75) is 6.42 Å². The Balaban J connectivity index is 1.61. The fourth-order valence-electron chi connectivity index (χ4n) is 2.61. The number of amides is 1. The summed E-state index contributed by atoms with van der Waals surface area (Å²) in [6.07, 6.45) is 2.52. The van der Waals surface area contributed by atoms with Gasteiger partial charge in [-0.05, 0) is 42.3 Å². The highest BCUT2D eigenvalue weighted by Crippen LogP contribution is 2.29. The summed E-state index contributed by atoms with van der Waals surface area (Å²) >= 11 is 5.99. The van der Waals surface area contributed by atoms with Gasteiger partial charge in [0.05, 0.1) is 12.7 Å². The van der Waals surface area contributed by atoms with Gasteiger partial charge in [-0.2, -0.15) is 0 Å². The van der Waals surface area contributed by atoms with Crippen LogP contribution in [-0.4, -0.2) is 26.2 Å².